The van der Waals surface area contributed by atoms with Crippen molar-refractivity contribution in [1.82, 2.24) is 15.3 Å². The number of ether oxygens (including phenoxy) is 1. The minimum Gasteiger partial charge on any atom is -0.378 e. The highest BCUT2D eigenvalue weighted by Gasteiger charge is 2.14. The fraction of sp³-hybridized carbons (Fsp3) is 0.421. The fourth-order valence-corrected chi connectivity index (χ4v) is 2.80. The van der Waals surface area contributed by atoms with Crippen molar-refractivity contribution in [2.24, 2.45) is 0 Å². The van der Waals surface area contributed by atoms with Gasteiger partial charge in [-0.05, 0) is 44.0 Å². The number of hydrogen-bond donors (Lipinski definition) is 2. The lowest BCUT2D eigenvalue weighted by molar-refractivity contribution is 0.122. The molecule has 2 N–H and O–H groups in total. The summed E-state index contributed by atoms with van der Waals surface area (Å²) in [7, 11) is 0. The van der Waals surface area contributed by atoms with Crippen LogP contribution in [0.4, 0.5) is 16.3 Å². The van der Waals surface area contributed by atoms with Gasteiger partial charge >= 0.3 is 6.03 Å². The van der Waals surface area contributed by atoms with Crippen molar-refractivity contribution in [2.45, 2.75) is 27.3 Å². The Balaban J connectivity index is 1.60. The van der Waals surface area contributed by atoms with Crippen LogP contribution in [0.15, 0.2) is 24.3 Å². The number of carbonyl (C=O) groups excluding carboxylic acids is 1. The van der Waals surface area contributed by atoms with E-state index >= 15 is 0 Å². The second-order valence-corrected chi connectivity index (χ2v) is 6.49. The van der Waals surface area contributed by atoms with Gasteiger partial charge in [0.25, 0.3) is 0 Å². The monoisotopic (exact) mass is 355 g/mol. The average Bonchev–Trinajstić information content (AvgIpc) is 2.63. The SMILES string of the molecule is Cc1cc(N2CCOCC2)nc(CNC(=O)Nc2ccc(C)c(C)c2)n1. The molecule has 2 aromatic rings. The van der Waals surface area contributed by atoms with Crippen molar-refractivity contribution in [3.63, 3.8) is 0 Å². The Morgan fingerprint density at radius 3 is 2.62 bits per heavy atom. The Morgan fingerprint density at radius 1 is 1.12 bits per heavy atom. The average molecular weight is 355 g/mol. The van der Waals surface area contributed by atoms with E-state index in [4.69, 9.17) is 4.74 Å². The molecule has 2 heterocycles. The zero-order chi connectivity index (χ0) is 18.5. The summed E-state index contributed by atoms with van der Waals surface area (Å²) in [6.07, 6.45) is 0. The highest BCUT2D eigenvalue weighted by atomic mass is 16.5. The predicted octanol–water partition coefficient (Wildman–Crippen LogP) is 2.56. The summed E-state index contributed by atoms with van der Waals surface area (Å²) < 4.78 is 5.38. The molecule has 7 nitrogen and oxygen atoms in total. The number of urea groups is 1. The molecule has 26 heavy (non-hydrogen) atoms. The lowest BCUT2D eigenvalue weighted by atomic mass is 10.1. The van der Waals surface area contributed by atoms with Gasteiger partial charge in [0, 0.05) is 30.5 Å². The molecule has 0 unspecified atom stereocenters. The first kappa shape index (κ1) is 18.1. The van der Waals surface area contributed by atoms with Gasteiger partial charge in [0.2, 0.25) is 0 Å². The molecule has 0 spiro atoms. The van der Waals surface area contributed by atoms with Crippen LogP contribution >= 0.6 is 0 Å². The molecule has 1 aliphatic heterocycles. The minimum absolute atomic E-state index is 0.272. The molecule has 138 valence electrons. The maximum Gasteiger partial charge on any atom is 0.319 e. The van der Waals surface area contributed by atoms with Crippen LogP contribution in [0.25, 0.3) is 0 Å². The first-order valence-corrected chi connectivity index (χ1v) is 8.80. The van der Waals surface area contributed by atoms with E-state index in [0.29, 0.717) is 19.0 Å². The molecule has 1 aliphatic rings. The van der Waals surface area contributed by atoms with Gasteiger partial charge in [-0.15, -0.1) is 0 Å². The molecule has 0 radical (unpaired) electrons. The van der Waals surface area contributed by atoms with Crippen LogP contribution in [0.5, 0.6) is 0 Å². The number of aryl methyl sites for hydroxylation is 3. The Hall–Kier alpha value is -2.67. The van der Waals surface area contributed by atoms with Crippen molar-refractivity contribution in [3.05, 3.63) is 46.9 Å². The number of nitrogens with one attached hydrogen (secondary N) is 2. The molecule has 0 aliphatic carbocycles. The third-order valence-corrected chi connectivity index (χ3v) is 4.39. The van der Waals surface area contributed by atoms with E-state index in [-0.39, 0.29) is 12.6 Å². The number of amides is 2. The first-order chi connectivity index (χ1) is 12.5. The third-order valence-electron chi connectivity index (χ3n) is 4.39. The standard InChI is InChI=1S/C19H25N5O2/c1-13-4-5-16(10-14(13)2)22-19(25)20-12-17-21-15(3)11-18(23-17)24-6-8-26-9-7-24/h4-5,10-11H,6-9,12H2,1-3H3,(H2,20,22,25). The zero-order valence-electron chi connectivity index (χ0n) is 15.5. The summed E-state index contributed by atoms with van der Waals surface area (Å²) in [6, 6.07) is 7.52. The maximum absolute atomic E-state index is 12.1. The maximum atomic E-state index is 12.1. The molecule has 7 heteroatoms. The van der Waals surface area contributed by atoms with E-state index in [1.807, 2.05) is 45.0 Å². The van der Waals surface area contributed by atoms with Crippen LogP contribution in [-0.4, -0.2) is 42.3 Å². The van der Waals surface area contributed by atoms with Gasteiger partial charge in [0.05, 0.1) is 19.8 Å². The van der Waals surface area contributed by atoms with Crippen molar-refractivity contribution in [2.75, 3.05) is 36.5 Å². The smallest absolute Gasteiger partial charge is 0.319 e. The van der Waals surface area contributed by atoms with Gasteiger partial charge < -0.3 is 20.3 Å². The van der Waals surface area contributed by atoms with Crippen molar-refractivity contribution in [1.29, 1.82) is 0 Å². The van der Waals surface area contributed by atoms with Crippen molar-refractivity contribution >= 4 is 17.5 Å². The minimum atomic E-state index is -0.272. The Bertz CT molecular complexity index is 787. The van der Waals surface area contributed by atoms with E-state index in [2.05, 4.69) is 25.5 Å². The van der Waals surface area contributed by atoms with Gasteiger partial charge in [-0.1, -0.05) is 6.07 Å². The van der Waals surface area contributed by atoms with Crippen LogP contribution < -0.4 is 15.5 Å². The number of nitrogens with zero attached hydrogens (tertiary/aromatic N) is 3. The van der Waals surface area contributed by atoms with E-state index in [0.717, 1.165) is 35.9 Å². The molecule has 0 bridgehead atoms. The Kier molecular flexibility index (Phi) is 5.68. The molecular weight excluding hydrogens is 330 g/mol. The first-order valence-electron chi connectivity index (χ1n) is 8.80. The normalized spacial score (nSPS) is 14.2. The highest BCUT2D eigenvalue weighted by molar-refractivity contribution is 5.89. The van der Waals surface area contributed by atoms with Gasteiger partial charge in [-0.3, -0.25) is 0 Å². The number of benzene rings is 1. The molecule has 1 saturated heterocycles. The van der Waals surface area contributed by atoms with E-state index < -0.39 is 0 Å². The molecule has 3 rings (SSSR count). The molecule has 2 amide bonds. The fourth-order valence-electron chi connectivity index (χ4n) is 2.80. The van der Waals surface area contributed by atoms with Crippen molar-refractivity contribution < 1.29 is 9.53 Å². The van der Waals surface area contributed by atoms with Crippen LogP contribution in [-0.2, 0) is 11.3 Å². The van der Waals surface area contributed by atoms with Gasteiger partial charge in [-0.25, -0.2) is 14.8 Å². The number of anilines is 2. The number of hydrogen-bond acceptors (Lipinski definition) is 5. The van der Waals surface area contributed by atoms with Gasteiger partial charge in [-0.2, -0.15) is 0 Å². The zero-order valence-corrected chi connectivity index (χ0v) is 15.5. The van der Waals surface area contributed by atoms with Crippen LogP contribution in [0.3, 0.4) is 0 Å². The van der Waals surface area contributed by atoms with Crippen molar-refractivity contribution in [3.8, 4) is 0 Å². The summed E-state index contributed by atoms with van der Waals surface area (Å²) in [4.78, 5) is 23.3. The van der Waals surface area contributed by atoms with E-state index in [1.54, 1.807) is 0 Å². The molecule has 0 atom stereocenters. The summed E-state index contributed by atoms with van der Waals surface area (Å²) in [5, 5.41) is 5.66. The highest BCUT2D eigenvalue weighted by Crippen LogP contribution is 2.15. The van der Waals surface area contributed by atoms with Crippen LogP contribution in [0.1, 0.15) is 22.6 Å². The Morgan fingerprint density at radius 2 is 1.88 bits per heavy atom. The van der Waals surface area contributed by atoms with Crippen LogP contribution in [0.2, 0.25) is 0 Å². The summed E-state index contributed by atoms with van der Waals surface area (Å²) in [6.45, 7) is 9.31. The molecule has 1 aromatic carbocycles. The van der Waals surface area contributed by atoms with E-state index in [9.17, 15) is 4.79 Å². The second kappa shape index (κ2) is 8.14. The lowest BCUT2D eigenvalue weighted by Gasteiger charge is -2.28. The number of carbonyl (C=O) groups is 1. The summed E-state index contributed by atoms with van der Waals surface area (Å²) in [5.41, 5.74) is 3.98. The van der Waals surface area contributed by atoms with Gasteiger partial charge in [0.1, 0.15) is 11.6 Å². The van der Waals surface area contributed by atoms with Gasteiger partial charge in [0.15, 0.2) is 0 Å². The largest absolute Gasteiger partial charge is 0.378 e. The molecule has 1 aromatic heterocycles. The van der Waals surface area contributed by atoms with E-state index in [1.165, 1.54) is 5.56 Å². The lowest BCUT2D eigenvalue weighted by Crippen LogP contribution is -2.37. The van der Waals surface area contributed by atoms with Crippen LogP contribution in [0, 0.1) is 20.8 Å². The summed E-state index contributed by atoms with van der Waals surface area (Å²) >= 11 is 0. The molecule has 1 fully saturated rings. The summed E-state index contributed by atoms with van der Waals surface area (Å²) in [5.74, 6) is 1.48. The molecular formula is C19H25N5O2. The molecule has 0 saturated carbocycles. The number of morpholine rings is 1. The number of rotatable bonds is 4. The topological polar surface area (TPSA) is 79.4 Å². The Labute approximate surface area is 153 Å². The number of aromatic nitrogens is 2. The predicted molar refractivity (Wildman–Crippen MR) is 102 cm³/mol. The second-order valence-electron chi connectivity index (χ2n) is 6.49. The quantitative estimate of drug-likeness (QED) is 0.881. The third kappa shape index (κ3) is 4.70.